The molecule has 5 heteroatoms. The van der Waals surface area contributed by atoms with Crippen molar-refractivity contribution in [1.82, 2.24) is 9.88 Å². The summed E-state index contributed by atoms with van der Waals surface area (Å²) in [5.74, 6) is 0.928. The van der Waals surface area contributed by atoms with Crippen LogP contribution in [0.3, 0.4) is 0 Å². The molecule has 1 aromatic heterocycles. The number of rotatable bonds is 6. The van der Waals surface area contributed by atoms with Crippen LogP contribution in [-0.2, 0) is 19.3 Å². The number of hydrogen-bond donors (Lipinski definition) is 0. The Morgan fingerprint density at radius 3 is 2.64 bits per heavy atom. The molecule has 1 aromatic rings. The van der Waals surface area contributed by atoms with Gasteiger partial charge >= 0.3 is 0 Å². The summed E-state index contributed by atoms with van der Waals surface area (Å²) >= 11 is 0. The molecule has 1 fully saturated rings. The van der Waals surface area contributed by atoms with Crippen LogP contribution in [-0.4, -0.2) is 35.2 Å². The molecule has 3 rings (SSSR count). The highest BCUT2D eigenvalue weighted by atomic mass is 31.0. The fraction of sp³-hybridized carbons (Fsp3) is 0.750. The highest BCUT2D eigenvalue weighted by Gasteiger charge is 2.22. The van der Waals surface area contributed by atoms with E-state index in [9.17, 15) is 8.78 Å². The summed E-state index contributed by atoms with van der Waals surface area (Å²) in [6, 6.07) is 4.05. The Morgan fingerprint density at radius 1 is 1.12 bits per heavy atom. The van der Waals surface area contributed by atoms with Crippen molar-refractivity contribution in [3.63, 3.8) is 0 Å². The van der Waals surface area contributed by atoms with Crippen LogP contribution < -0.4 is 0 Å². The van der Waals surface area contributed by atoms with E-state index in [2.05, 4.69) is 11.0 Å². The summed E-state index contributed by atoms with van der Waals surface area (Å²) < 4.78 is 26.1. The molecule has 1 saturated carbocycles. The fourth-order valence-corrected chi connectivity index (χ4v) is 4.32. The molecule has 2 aliphatic rings. The SMILES string of the molecule is FC(F)(P)CCc1ccc2c(n1)CCN(CCC1CCCCC1)CC2. The highest BCUT2D eigenvalue weighted by molar-refractivity contribution is 7.18. The van der Waals surface area contributed by atoms with E-state index in [0.29, 0.717) is 6.42 Å². The predicted octanol–water partition coefficient (Wildman–Crippen LogP) is 4.85. The van der Waals surface area contributed by atoms with Gasteiger partial charge in [-0.25, -0.2) is 8.78 Å². The van der Waals surface area contributed by atoms with Gasteiger partial charge in [0, 0.05) is 37.3 Å². The van der Waals surface area contributed by atoms with Gasteiger partial charge in [-0.3, -0.25) is 4.98 Å². The van der Waals surface area contributed by atoms with E-state index in [1.165, 1.54) is 50.6 Å². The van der Waals surface area contributed by atoms with Crippen molar-refractivity contribution in [2.75, 3.05) is 19.6 Å². The largest absolute Gasteiger partial charge is 0.303 e. The second-order valence-corrected chi connectivity index (χ2v) is 8.65. The van der Waals surface area contributed by atoms with Gasteiger partial charge < -0.3 is 4.90 Å². The van der Waals surface area contributed by atoms with Crippen molar-refractivity contribution < 1.29 is 8.78 Å². The molecule has 1 aliphatic carbocycles. The summed E-state index contributed by atoms with van der Waals surface area (Å²) in [4.78, 5) is 7.27. The van der Waals surface area contributed by atoms with Crippen LogP contribution in [0.2, 0.25) is 0 Å². The predicted molar refractivity (Wildman–Crippen MR) is 102 cm³/mol. The molecule has 0 spiro atoms. The van der Waals surface area contributed by atoms with E-state index in [0.717, 1.165) is 43.2 Å². The Kier molecular flexibility index (Phi) is 6.79. The van der Waals surface area contributed by atoms with Crippen molar-refractivity contribution in [2.24, 2.45) is 5.92 Å². The van der Waals surface area contributed by atoms with Crippen molar-refractivity contribution in [1.29, 1.82) is 0 Å². The van der Waals surface area contributed by atoms with E-state index in [1.807, 2.05) is 6.07 Å². The van der Waals surface area contributed by atoms with Crippen molar-refractivity contribution in [3.8, 4) is 0 Å². The minimum atomic E-state index is -2.69. The Morgan fingerprint density at radius 2 is 1.88 bits per heavy atom. The van der Waals surface area contributed by atoms with E-state index < -0.39 is 5.66 Å². The third-order valence-corrected chi connectivity index (χ3v) is 6.07. The maximum Gasteiger partial charge on any atom is 0.259 e. The average molecular weight is 368 g/mol. The summed E-state index contributed by atoms with van der Waals surface area (Å²) in [7, 11) is 1.62. The van der Waals surface area contributed by atoms with Crippen LogP contribution in [0, 0.1) is 5.92 Å². The lowest BCUT2D eigenvalue weighted by atomic mass is 9.87. The lowest BCUT2D eigenvalue weighted by Gasteiger charge is -2.26. The first-order chi connectivity index (χ1) is 12.0. The van der Waals surface area contributed by atoms with Crippen molar-refractivity contribution in [3.05, 3.63) is 29.1 Å². The first-order valence-corrected chi connectivity index (χ1v) is 10.4. The van der Waals surface area contributed by atoms with Crippen LogP contribution in [0.25, 0.3) is 0 Å². The molecule has 0 saturated heterocycles. The van der Waals surface area contributed by atoms with Crippen LogP contribution in [0.5, 0.6) is 0 Å². The minimum Gasteiger partial charge on any atom is -0.303 e. The second-order valence-electron chi connectivity index (χ2n) is 7.80. The van der Waals surface area contributed by atoms with Crippen molar-refractivity contribution >= 4 is 9.24 Å². The van der Waals surface area contributed by atoms with Gasteiger partial charge in [0.15, 0.2) is 0 Å². The van der Waals surface area contributed by atoms with Crippen LogP contribution >= 0.6 is 9.24 Å². The van der Waals surface area contributed by atoms with Crippen LogP contribution in [0.15, 0.2) is 12.1 Å². The molecule has 0 aromatic carbocycles. The molecule has 2 heterocycles. The third-order valence-electron chi connectivity index (χ3n) is 5.78. The van der Waals surface area contributed by atoms with Crippen LogP contribution in [0.1, 0.15) is 61.9 Å². The van der Waals surface area contributed by atoms with E-state index in [1.54, 1.807) is 9.24 Å². The fourth-order valence-electron chi connectivity index (χ4n) is 4.17. The maximum absolute atomic E-state index is 13.0. The number of aryl methyl sites for hydroxylation is 1. The van der Waals surface area contributed by atoms with Crippen LogP contribution in [0.4, 0.5) is 8.78 Å². The Balaban J connectivity index is 1.50. The summed E-state index contributed by atoms with van der Waals surface area (Å²) in [5, 5.41) is 0. The average Bonchev–Trinajstić information content (AvgIpc) is 2.80. The van der Waals surface area contributed by atoms with Crippen molar-refractivity contribution in [2.45, 2.75) is 69.9 Å². The monoisotopic (exact) mass is 368 g/mol. The molecule has 0 radical (unpaired) electrons. The number of pyridine rings is 1. The molecule has 1 unspecified atom stereocenters. The van der Waals surface area contributed by atoms with E-state index >= 15 is 0 Å². The molecular formula is C20H31F2N2P. The van der Waals surface area contributed by atoms with Gasteiger partial charge in [0.05, 0.1) is 0 Å². The number of hydrogen-bond acceptors (Lipinski definition) is 2. The zero-order valence-electron chi connectivity index (χ0n) is 15.2. The smallest absolute Gasteiger partial charge is 0.259 e. The number of aromatic nitrogens is 1. The van der Waals surface area contributed by atoms with Gasteiger partial charge in [0.25, 0.3) is 5.66 Å². The summed E-state index contributed by atoms with van der Waals surface area (Å²) in [6.07, 6.45) is 10.6. The summed E-state index contributed by atoms with van der Waals surface area (Å²) in [5.41, 5.74) is 0.549. The number of fused-ring (bicyclic) bond motifs is 1. The maximum atomic E-state index is 13.0. The Hall–Kier alpha value is -0.600. The van der Waals surface area contributed by atoms with E-state index in [4.69, 9.17) is 4.98 Å². The molecule has 25 heavy (non-hydrogen) atoms. The van der Waals surface area contributed by atoms with Gasteiger partial charge in [0.1, 0.15) is 0 Å². The van der Waals surface area contributed by atoms with Gasteiger partial charge in [-0.05, 0) is 43.4 Å². The Bertz CT molecular complexity index is 553. The third kappa shape index (κ3) is 6.25. The molecular weight excluding hydrogens is 337 g/mol. The van der Waals surface area contributed by atoms with Gasteiger partial charge in [-0.2, -0.15) is 0 Å². The highest BCUT2D eigenvalue weighted by Crippen LogP contribution is 2.28. The minimum absolute atomic E-state index is 0.156. The zero-order valence-corrected chi connectivity index (χ0v) is 16.3. The van der Waals surface area contributed by atoms with Gasteiger partial charge in [-0.1, -0.05) is 47.4 Å². The topological polar surface area (TPSA) is 16.1 Å². The molecule has 0 N–H and O–H groups in total. The first-order valence-electron chi connectivity index (χ1n) is 9.86. The lowest BCUT2D eigenvalue weighted by Crippen LogP contribution is -2.29. The molecule has 1 atom stereocenters. The van der Waals surface area contributed by atoms with Gasteiger partial charge in [0.2, 0.25) is 0 Å². The molecule has 1 aliphatic heterocycles. The first kappa shape index (κ1) is 19.2. The number of nitrogens with zero attached hydrogens (tertiary/aromatic N) is 2. The quantitative estimate of drug-likeness (QED) is 0.667. The lowest BCUT2D eigenvalue weighted by molar-refractivity contribution is 0.0944. The standard InChI is InChI=1S/C20H31F2N2P/c21-20(22,25)12-8-18-7-6-17-10-14-24(15-11-19(17)23-18)13-9-16-4-2-1-3-5-16/h6-7,16H,1-5,8-15,25H2. The Labute approximate surface area is 153 Å². The molecule has 0 bridgehead atoms. The number of halogens is 2. The normalized spacial score (nSPS) is 20.3. The second kappa shape index (κ2) is 8.86. The van der Waals surface area contributed by atoms with E-state index in [-0.39, 0.29) is 6.42 Å². The number of alkyl halides is 2. The molecule has 2 nitrogen and oxygen atoms in total. The van der Waals surface area contributed by atoms with Gasteiger partial charge in [-0.15, -0.1) is 0 Å². The zero-order chi connectivity index (χ0) is 17.7. The molecule has 0 amide bonds. The molecule has 140 valence electrons. The summed E-state index contributed by atoms with van der Waals surface area (Å²) in [6.45, 7) is 3.35.